The third kappa shape index (κ3) is 121. The highest BCUT2D eigenvalue weighted by molar-refractivity contribution is 5.76. The van der Waals surface area contributed by atoms with Crippen LogP contribution in [0.3, 0.4) is 0 Å². The Morgan fingerprint density at radius 1 is 0.400 bits per heavy atom. The van der Waals surface area contributed by atoms with Gasteiger partial charge in [-0.25, -0.2) is 0 Å². The molecule has 0 atom stereocenters. The van der Waals surface area contributed by atoms with Gasteiger partial charge in [-0.3, -0.25) is 0 Å². The Labute approximate surface area is 45.4 Å². The summed E-state index contributed by atoms with van der Waals surface area (Å²) in [5, 5.41) is 0. The highest BCUT2D eigenvalue weighted by atomic mass is 28.1. The standard InChI is InChI=1S/4B.Si. The highest BCUT2D eigenvalue weighted by Crippen LogP contribution is -0.377. The molecule has 0 amide bonds. The molecule has 0 rings (SSSR count). The third-order valence-electron chi connectivity index (χ3n) is 0. The first-order valence-electron chi connectivity index (χ1n) is 0. The van der Waals surface area contributed by atoms with Crippen LogP contribution in [0.1, 0.15) is 0 Å². The Morgan fingerprint density at radius 2 is 0.400 bits per heavy atom. The van der Waals surface area contributed by atoms with Gasteiger partial charge >= 0.3 is 0 Å². The lowest BCUT2D eigenvalue weighted by atomic mass is 10.8. The van der Waals surface area contributed by atoms with Crippen LogP contribution in [0.15, 0.2) is 0 Å². The summed E-state index contributed by atoms with van der Waals surface area (Å²) in [6.45, 7) is 0. The predicted molar refractivity (Wildman–Crippen MR) is 28.8 cm³/mol. The molecule has 0 fully saturated rings. The molecule has 5 heteroatoms. The number of rotatable bonds is 0. The molecule has 0 aromatic heterocycles. The number of hydrogen-bond acceptors (Lipinski definition) is 0. The van der Waals surface area contributed by atoms with Crippen LogP contribution in [0.2, 0.25) is 0 Å². The monoisotopic (exact) mass is 72.0 g/mol. The average molecular weight is 71.3 g/mol. The van der Waals surface area contributed by atoms with Gasteiger partial charge in [0.15, 0.2) is 0 Å². The van der Waals surface area contributed by atoms with Crippen molar-refractivity contribution in [2.75, 3.05) is 0 Å². The molecule has 0 N–H and O–H groups in total. The van der Waals surface area contributed by atoms with Crippen molar-refractivity contribution in [3.63, 3.8) is 0 Å². The second kappa shape index (κ2) is 238. The molecule has 0 aliphatic rings. The molecule has 0 aliphatic carbocycles. The first-order valence-corrected chi connectivity index (χ1v) is 0. The lowest BCUT2D eigenvalue weighted by Crippen LogP contribution is -0.382. The lowest BCUT2D eigenvalue weighted by molar-refractivity contribution is 5.75. The zero-order valence-electron chi connectivity index (χ0n) is 2.81. The highest BCUT2D eigenvalue weighted by Gasteiger charge is 0.00400. The van der Waals surface area contributed by atoms with Crippen LogP contribution in [0.4, 0.5) is 0 Å². The zero-order chi connectivity index (χ0) is 0. The van der Waals surface area contributed by atoms with E-state index in [0.717, 1.165) is 0 Å². The van der Waals surface area contributed by atoms with Crippen LogP contribution >= 0.6 is 0 Å². The maximum atomic E-state index is 0. The topological polar surface area (TPSA) is 0 Å². The van der Waals surface area contributed by atoms with E-state index in [0.29, 0.717) is 0 Å². The fraction of sp³-hybridized carbons (Fsp3) is 0. The van der Waals surface area contributed by atoms with Gasteiger partial charge in [0.2, 0.25) is 0 Å². The van der Waals surface area contributed by atoms with E-state index in [-0.39, 0.29) is 44.6 Å². The van der Waals surface area contributed by atoms with E-state index in [1.165, 1.54) is 0 Å². The second-order valence-corrected chi connectivity index (χ2v) is 0. The normalized spacial score (nSPS) is 0. The summed E-state index contributed by atoms with van der Waals surface area (Å²) in [5.74, 6) is 0. The molecule has 0 spiro atoms. The van der Waals surface area contributed by atoms with E-state index < -0.39 is 0 Å². The molecule has 0 saturated heterocycles. The van der Waals surface area contributed by atoms with Gasteiger partial charge in [-0.15, -0.1) is 0 Å². The summed E-state index contributed by atoms with van der Waals surface area (Å²) in [5.41, 5.74) is 0. The van der Waals surface area contributed by atoms with Gasteiger partial charge in [0, 0.05) is 44.6 Å². The summed E-state index contributed by atoms with van der Waals surface area (Å²) >= 11 is 0. The Kier molecular flexibility index (Phi) is 23000. The molecule has 0 aliphatic heterocycles. The van der Waals surface area contributed by atoms with E-state index in [2.05, 4.69) is 0 Å². The van der Waals surface area contributed by atoms with Crippen LogP contribution in [-0.2, 0) is 0 Å². The minimum Gasteiger partial charge on any atom is 0 e. The molecular weight excluding hydrogens is 71.3 g/mol. The molecule has 0 saturated carbocycles. The fourth-order valence-electron chi connectivity index (χ4n) is 0. The van der Waals surface area contributed by atoms with Crippen molar-refractivity contribution in [1.82, 2.24) is 0 Å². The summed E-state index contributed by atoms with van der Waals surface area (Å²) in [7, 11) is 0. The third-order valence-corrected chi connectivity index (χ3v) is 0. The van der Waals surface area contributed by atoms with E-state index >= 15 is 0 Å². The summed E-state index contributed by atoms with van der Waals surface area (Å²) in [6.07, 6.45) is 0. The quantitative estimate of drug-likeness (QED) is 0.293. The molecule has 16 radical (unpaired) electrons. The van der Waals surface area contributed by atoms with Crippen LogP contribution in [-0.4, -0.2) is 44.6 Å². The van der Waals surface area contributed by atoms with Crippen LogP contribution in [0.25, 0.3) is 0 Å². The Hall–Kier alpha value is 0.477. The zero-order valence-corrected chi connectivity index (χ0v) is 3.81. The largest absolute Gasteiger partial charge is 0 e. The van der Waals surface area contributed by atoms with Crippen molar-refractivity contribution in [3.05, 3.63) is 0 Å². The van der Waals surface area contributed by atoms with E-state index in [1.807, 2.05) is 0 Å². The van der Waals surface area contributed by atoms with Gasteiger partial charge in [0.05, 0.1) is 0 Å². The van der Waals surface area contributed by atoms with Gasteiger partial charge < -0.3 is 0 Å². The lowest BCUT2D eigenvalue weighted by Gasteiger charge is -0.00100. The molecule has 0 aromatic carbocycles. The minimum atomic E-state index is 0. The Balaban J connectivity index is 0. The van der Waals surface area contributed by atoms with Gasteiger partial charge in [-0.2, -0.15) is 0 Å². The van der Waals surface area contributed by atoms with Crippen molar-refractivity contribution in [2.45, 2.75) is 0 Å². The molecule has 0 aromatic rings. The van der Waals surface area contributed by atoms with Gasteiger partial charge in [0.1, 0.15) is 0 Å². The SMILES string of the molecule is [B].[B].[B].[B].[Si]. The molecule has 0 bridgehead atoms. The average Bonchev–Trinajstić information content (AvgIpc) is 0. The molecular formula is B4Si. The molecule has 5 heavy (non-hydrogen) atoms. The molecule has 16 valence electrons. The van der Waals surface area contributed by atoms with Crippen molar-refractivity contribution < 1.29 is 0 Å². The van der Waals surface area contributed by atoms with Gasteiger partial charge in [0.25, 0.3) is 0 Å². The van der Waals surface area contributed by atoms with E-state index in [9.17, 15) is 0 Å². The Morgan fingerprint density at radius 3 is 0.400 bits per heavy atom. The van der Waals surface area contributed by atoms with E-state index in [1.54, 1.807) is 0 Å². The van der Waals surface area contributed by atoms with Crippen molar-refractivity contribution in [3.8, 4) is 0 Å². The van der Waals surface area contributed by atoms with Crippen molar-refractivity contribution in [1.29, 1.82) is 0 Å². The predicted octanol–water partition coefficient (Wildman–Crippen LogP) is -1.90. The molecule has 0 nitrogen and oxygen atoms in total. The maximum Gasteiger partial charge on any atom is 0 e. The first-order chi connectivity index (χ1) is 0. The van der Waals surface area contributed by atoms with Crippen LogP contribution in [0.5, 0.6) is 0 Å². The van der Waals surface area contributed by atoms with Crippen LogP contribution < -0.4 is 0 Å². The van der Waals surface area contributed by atoms with Crippen molar-refractivity contribution in [2.24, 2.45) is 0 Å². The summed E-state index contributed by atoms with van der Waals surface area (Å²) in [4.78, 5) is 0. The fourth-order valence-corrected chi connectivity index (χ4v) is 0. The van der Waals surface area contributed by atoms with Gasteiger partial charge in [-0.05, 0) is 0 Å². The maximum absolute atomic E-state index is 0. The first kappa shape index (κ1) is 483. The van der Waals surface area contributed by atoms with Crippen LogP contribution in [0, 0.1) is 0 Å². The summed E-state index contributed by atoms with van der Waals surface area (Å²) in [6, 6.07) is 0. The molecule has 0 unspecified atom stereocenters. The van der Waals surface area contributed by atoms with Crippen molar-refractivity contribution >= 4 is 44.6 Å². The second-order valence-electron chi connectivity index (χ2n) is 0. The molecule has 0 heterocycles. The van der Waals surface area contributed by atoms with E-state index in [4.69, 9.17) is 0 Å². The Bertz CT molecular complexity index is 3.61. The van der Waals surface area contributed by atoms with Gasteiger partial charge in [-0.1, -0.05) is 0 Å². The number of hydrogen-bond donors (Lipinski definition) is 0. The summed E-state index contributed by atoms with van der Waals surface area (Å²) < 4.78 is 0. The minimum absolute atomic E-state index is 0. The smallest absolute Gasteiger partial charge is 0 e.